The van der Waals surface area contributed by atoms with Crippen LogP contribution in [0.5, 0.6) is 0 Å². The molecule has 0 radical (unpaired) electrons. The summed E-state index contributed by atoms with van der Waals surface area (Å²) in [5, 5.41) is 0. The van der Waals surface area contributed by atoms with Gasteiger partial charge < -0.3 is 10.6 Å². The molecular weight excluding hydrogens is 227 g/mol. The zero-order chi connectivity index (χ0) is 13.1. The van der Waals surface area contributed by atoms with Gasteiger partial charge in [-0.05, 0) is 49.0 Å². The third-order valence-electron chi connectivity index (χ3n) is 2.76. The molecule has 0 saturated carbocycles. The number of halogens is 1. The summed E-state index contributed by atoms with van der Waals surface area (Å²) in [6.45, 7) is 0.879. The molecule has 18 heavy (non-hydrogen) atoms. The monoisotopic (exact) mass is 244 g/mol. The first-order chi connectivity index (χ1) is 8.56. The van der Waals surface area contributed by atoms with Gasteiger partial charge >= 0.3 is 0 Å². The largest absolute Gasteiger partial charge is 0.396 e. The van der Waals surface area contributed by atoms with Crippen molar-refractivity contribution in [1.82, 2.24) is 4.90 Å². The van der Waals surface area contributed by atoms with Crippen LogP contribution in [0.25, 0.3) is 11.1 Å². The maximum atomic E-state index is 13.1. The van der Waals surface area contributed by atoms with Gasteiger partial charge in [-0.1, -0.05) is 24.3 Å². The molecule has 0 saturated heterocycles. The van der Waals surface area contributed by atoms with Gasteiger partial charge in [-0.2, -0.15) is 0 Å². The summed E-state index contributed by atoms with van der Waals surface area (Å²) >= 11 is 0. The van der Waals surface area contributed by atoms with Gasteiger partial charge in [0.05, 0.1) is 5.69 Å². The third kappa shape index (κ3) is 2.87. The van der Waals surface area contributed by atoms with E-state index >= 15 is 0 Å². The number of nitrogens with two attached hydrogens (primary N) is 1. The second-order valence-electron chi connectivity index (χ2n) is 4.67. The first-order valence-electron chi connectivity index (χ1n) is 5.85. The normalized spacial score (nSPS) is 10.9. The highest BCUT2D eigenvalue weighted by atomic mass is 19.1. The maximum absolute atomic E-state index is 13.1. The Balaban J connectivity index is 2.35. The van der Waals surface area contributed by atoms with E-state index in [1.165, 1.54) is 11.6 Å². The summed E-state index contributed by atoms with van der Waals surface area (Å²) in [6, 6.07) is 13.0. The Hall–Kier alpha value is -1.87. The molecule has 2 rings (SSSR count). The predicted octanol–water partition coefficient (Wildman–Crippen LogP) is 3.14. The van der Waals surface area contributed by atoms with Crippen molar-refractivity contribution in [1.29, 1.82) is 0 Å². The van der Waals surface area contributed by atoms with Crippen molar-refractivity contribution in [3.63, 3.8) is 0 Å². The topological polar surface area (TPSA) is 29.3 Å². The first kappa shape index (κ1) is 12.6. The summed E-state index contributed by atoms with van der Waals surface area (Å²) in [6.07, 6.45) is 0. The van der Waals surface area contributed by atoms with E-state index in [4.69, 9.17) is 5.73 Å². The van der Waals surface area contributed by atoms with Crippen LogP contribution < -0.4 is 5.73 Å². The van der Waals surface area contributed by atoms with E-state index in [1.54, 1.807) is 12.1 Å². The average Bonchev–Trinajstić information content (AvgIpc) is 2.32. The van der Waals surface area contributed by atoms with E-state index < -0.39 is 0 Å². The van der Waals surface area contributed by atoms with Gasteiger partial charge in [0.1, 0.15) is 5.82 Å². The Labute approximate surface area is 107 Å². The lowest BCUT2D eigenvalue weighted by Gasteiger charge is -2.11. The molecule has 0 amide bonds. The lowest BCUT2D eigenvalue weighted by atomic mass is 10.0. The van der Waals surface area contributed by atoms with Gasteiger partial charge in [0, 0.05) is 6.54 Å². The highest BCUT2D eigenvalue weighted by molar-refractivity contribution is 5.68. The Morgan fingerprint density at radius 1 is 1.06 bits per heavy atom. The molecule has 0 fully saturated rings. The van der Waals surface area contributed by atoms with Crippen molar-refractivity contribution < 1.29 is 4.39 Å². The highest BCUT2D eigenvalue weighted by Gasteiger charge is 2.03. The van der Waals surface area contributed by atoms with Crippen molar-refractivity contribution in [2.45, 2.75) is 6.54 Å². The molecule has 2 N–H and O–H groups in total. The standard InChI is InChI=1S/C15H17FN2/c1-18(2)10-11-4-3-5-12(8-11)13-6-7-14(16)15(17)9-13/h3-9H,10,17H2,1-2H3. The van der Waals surface area contributed by atoms with E-state index in [-0.39, 0.29) is 11.5 Å². The van der Waals surface area contributed by atoms with E-state index in [2.05, 4.69) is 17.0 Å². The van der Waals surface area contributed by atoms with Crippen LogP contribution in [0.3, 0.4) is 0 Å². The van der Waals surface area contributed by atoms with Crippen LogP contribution in [0.1, 0.15) is 5.56 Å². The first-order valence-corrected chi connectivity index (χ1v) is 5.85. The van der Waals surface area contributed by atoms with Gasteiger partial charge in [0.15, 0.2) is 0 Å². The molecule has 0 aliphatic rings. The molecule has 0 unspecified atom stereocenters. The quantitative estimate of drug-likeness (QED) is 0.840. The molecule has 0 bridgehead atoms. The molecule has 0 aliphatic carbocycles. The zero-order valence-electron chi connectivity index (χ0n) is 10.7. The molecule has 2 aromatic rings. The predicted molar refractivity (Wildman–Crippen MR) is 73.6 cm³/mol. The number of nitrogen functional groups attached to an aromatic ring is 1. The number of anilines is 1. The number of rotatable bonds is 3. The van der Waals surface area contributed by atoms with Crippen molar-refractivity contribution in [2.24, 2.45) is 0 Å². The van der Waals surface area contributed by atoms with Crippen LogP contribution in [0.4, 0.5) is 10.1 Å². The minimum atomic E-state index is -0.372. The minimum Gasteiger partial charge on any atom is -0.396 e. The number of hydrogen-bond donors (Lipinski definition) is 1. The summed E-state index contributed by atoms with van der Waals surface area (Å²) in [4.78, 5) is 2.11. The molecule has 0 aromatic heterocycles. The molecule has 0 aliphatic heterocycles. The van der Waals surface area contributed by atoms with Gasteiger partial charge in [-0.25, -0.2) is 4.39 Å². The fraction of sp³-hybridized carbons (Fsp3) is 0.200. The molecule has 0 spiro atoms. The van der Waals surface area contributed by atoms with Gasteiger partial charge in [-0.15, -0.1) is 0 Å². The van der Waals surface area contributed by atoms with Crippen molar-refractivity contribution in [3.8, 4) is 11.1 Å². The van der Waals surface area contributed by atoms with Crippen LogP contribution in [0.2, 0.25) is 0 Å². The zero-order valence-corrected chi connectivity index (χ0v) is 10.7. The van der Waals surface area contributed by atoms with Gasteiger partial charge in [-0.3, -0.25) is 0 Å². The number of hydrogen-bond acceptors (Lipinski definition) is 2. The summed E-state index contributed by atoms with van der Waals surface area (Å²) in [5.41, 5.74) is 9.00. The Bertz CT molecular complexity index is 550. The van der Waals surface area contributed by atoms with Gasteiger partial charge in [0.2, 0.25) is 0 Å². The smallest absolute Gasteiger partial charge is 0.146 e. The van der Waals surface area contributed by atoms with Gasteiger partial charge in [0.25, 0.3) is 0 Å². The van der Waals surface area contributed by atoms with Crippen LogP contribution in [-0.2, 0) is 6.54 Å². The Kier molecular flexibility index (Phi) is 3.63. The fourth-order valence-electron chi connectivity index (χ4n) is 1.94. The molecule has 0 atom stereocenters. The molecule has 2 aromatic carbocycles. The third-order valence-corrected chi connectivity index (χ3v) is 2.76. The van der Waals surface area contributed by atoms with E-state index in [0.29, 0.717) is 0 Å². The lowest BCUT2D eigenvalue weighted by molar-refractivity contribution is 0.402. The summed E-state index contributed by atoms with van der Waals surface area (Å²) in [5.74, 6) is -0.372. The number of benzene rings is 2. The number of nitrogens with zero attached hydrogens (tertiary/aromatic N) is 1. The highest BCUT2D eigenvalue weighted by Crippen LogP contribution is 2.24. The van der Waals surface area contributed by atoms with Crippen molar-refractivity contribution in [3.05, 3.63) is 53.8 Å². The Morgan fingerprint density at radius 3 is 2.44 bits per heavy atom. The van der Waals surface area contributed by atoms with E-state index in [1.807, 2.05) is 26.2 Å². The summed E-state index contributed by atoms with van der Waals surface area (Å²) < 4.78 is 13.1. The lowest BCUT2D eigenvalue weighted by Crippen LogP contribution is -2.10. The molecular formula is C15H17FN2. The Morgan fingerprint density at radius 2 is 1.78 bits per heavy atom. The summed E-state index contributed by atoms with van der Waals surface area (Å²) in [7, 11) is 4.06. The van der Waals surface area contributed by atoms with Crippen LogP contribution in [0, 0.1) is 5.82 Å². The SMILES string of the molecule is CN(C)Cc1cccc(-c2ccc(F)c(N)c2)c1. The van der Waals surface area contributed by atoms with Crippen molar-refractivity contribution in [2.75, 3.05) is 19.8 Å². The van der Waals surface area contributed by atoms with E-state index in [9.17, 15) is 4.39 Å². The molecule has 0 heterocycles. The fourth-order valence-corrected chi connectivity index (χ4v) is 1.94. The van der Waals surface area contributed by atoms with Crippen LogP contribution in [0.15, 0.2) is 42.5 Å². The van der Waals surface area contributed by atoms with Crippen LogP contribution >= 0.6 is 0 Å². The average molecular weight is 244 g/mol. The van der Waals surface area contributed by atoms with E-state index in [0.717, 1.165) is 17.7 Å². The maximum Gasteiger partial charge on any atom is 0.146 e. The molecule has 94 valence electrons. The second kappa shape index (κ2) is 5.19. The van der Waals surface area contributed by atoms with Crippen molar-refractivity contribution >= 4 is 5.69 Å². The molecule has 3 heteroatoms. The molecule has 2 nitrogen and oxygen atoms in total. The second-order valence-corrected chi connectivity index (χ2v) is 4.67. The van der Waals surface area contributed by atoms with Crippen LogP contribution in [-0.4, -0.2) is 19.0 Å². The minimum absolute atomic E-state index is 0.186.